The van der Waals surface area contributed by atoms with E-state index in [2.05, 4.69) is 89.4 Å². The minimum atomic E-state index is -0.0763. The average Bonchev–Trinajstić information content (AvgIpc) is 2.97. The zero-order valence-electron chi connectivity index (χ0n) is 15.3. The molecule has 0 spiro atoms. The Labute approximate surface area is 143 Å². The third-order valence-corrected chi connectivity index (χ3v) is 5.87. The number of quaternary nitrogens is 1. The lowest BCUT2D eigenvalue weighted by Gasteiger charge is -2.42. The summed E-state index contributed by atoms with van der Waals surface area (Å²) in [6, 6.07) is 10.8. The van der Waals surface area contributed by atoms with Crippen molar-refractivity contribution in [2.75, 3.05) is 19.0 Å². The molecule has 0 fully saturated rings. The first-order valence-corrected chi connectivity index (χ1v) is 8.48. The van der Waals surface area contributed by atoms with Gasteiger partial charge in [-0.25, -0.2) is 0 Å². The number of benzene rings is 2. The monoisotopic (exact) mass is 321 g/mol. The Bertz CT molecular complexity index is 992. The number of hydrogen-bond donors (Lipinski definition) is 0. The van der Waals surface area contributed by atoms with Crippen molar-refractivity contribution >= 4 is 27.6 Å². The summed E-state index contributed by atoms with van der Waals surface area (Å²) in [5.74, 6) is 0. The average molecular weight is 321 g/mol. The van der Waals surface area contributed by atoms with Crippen LogP contribution in [-0.2, 0) is 0 Å². The van der Waals surface area contributed by atoms with Gasteiger partial charge in [-0.1, -0.05) is 30.3 Å². The highest BCUT2D eigenvalue weighted by atomic mass is 16.3. The third-order valence-electron chi connectivity index (χ3n) is 5.87. The molecule has 24 heavy (non-hydrogen) atoms. The van der Waals surface area contributed by atoms with Crippen LogP contribution in [0, 0.1) is 13.8 Å². The molecule has 124 valence electrons. The molecular weight excluding hydrogens is 296 g/mol. The minimum absolute atomic E-state index is 0.0763. The maximum absolute atomic E-state index is 6.39. The molecule has 3 heteroatoms. The molecule has 2 aromatic carbocycles. The summed E-state index contributed by atoms with van der Waals surface area (Å²) in [5.41, 5.74) is 5.49. The lowest BCUT2D eigenvalue weighted by atomic mass is 10.0. The van der Waals surface area contributed by atoms with Gasteiger partial charge in [-0.2, -0.15) is 0 Å². The van der Waals surface area contributed by atoms with Crippen molar-refractivity contribution in [1.29, 1.82) is 0 Å². The van der Waals surface area contributed by atoms with E-state index in [1.54, 1.807) is 0 Å². The fourth-order valence-electron chi connectivity index (χ4n) is 3.61. The molecule has 0 unspecified atom stereocenters. The topological polar surface area (TPSA) is 16.4 Å². The van der Waals surface area contributed by atoms with Crippen molar-refractivity contribution in [3.8, 4) is 0 Å². The van der Waals surface area contributed by atoms with E-state index in [1.807, 2.05) is 0 Å². The molecule has 0 saturated carbocycles. The molecule has 3 aromatic rings. The van der Waals surface area contributed by atoms with Gasteiger partial charge in [-0.05, 0) is 25.0 Å². The molecule has 0 atom stereocenters. The van der Waals surface area contributed by atoms with Crippen molar-refractivity contribution in [2.45, 2.75) is 33.4 Å². The molecule has 0 N–H and O–H groups in total. The van der Waals surface area contributed by atoms with E-state index in [0.29, 0.717) is 0 Å². The third kappa shape index (κ3) is 1.82. The number of fused-ring (bicyclic) bond motifs is 3. The molecule has 0 bridgehead atoms. The molecule has 0 saturated heterocycles. The highest BCUT2D eigenvalue weighted by Crippen LogP contribution is 2.44. The summed E-state index contributed by atoms with van der Waals surface area (Å²) >= 11 is 0. The van der Waals surface area contributed by atoms with E-state index >= 15 is 0 Å². The Morgan fingerprint density at radius 1 is 0.917 bits per heavy atom. The summed E-state index contributed by atoms with van der Waals surface area (Å²) in [6.45, 7) is 8.83. The van der Waals surface area contributed by atoms with E-state index in [-0.39, 0.29) is 5.66 Å². The first-order valence-electron chi connectivity index (χ1n) is 8.48. The molecule has 1 aliphatic rings. The van der Waals surface area contributed by atoms with E-state index in [1.165, 1.54) is 27.6 Å². The standard InChI is InChI=1S/C21H25N2O/c1-14-10-11-17-16-9-7-8-15(2)19(16)24-20(17)18(14)22-12-13-23(5,6)21(22,3)4/h7-13H,1-6H3/q+1. The molecule has 1 aromatic heterocycles. The van der Waals surface area contributed by atoms with E-state index < -0.39 is 0 Å². The van der Waals surface area contributed by atoms with Crippen molar-refractivity contribution in [2.24, 2.45) is 0 Å². The number of aryl methyl sites for hydroxylation is 2. The fourth-order valence-corrected chi connectivity index (χ4v) is 3.61. The summed E-state index contributed by atoms with van der Waals surface area (Å²) < 4.78 is 7.19. The van der Waals surface area contributed by atoms with Gasteiger partial charge in [0.05, 0.1) is 26.0 Å². The number of para-hydroxylation sites is 1. The number of nitrogens with zero attached hydrogens (tertiary/aromatic N) is 2. The number of hydrogen-bond acceptors (Lipinski definition) is 2. The summed E-state index contributed by atoms with van der Waals surface area (Å²) in [5, 5.41) is 2.39. The van der Waals surface area contributed by atoms with Gasteiger partial charge in [0, 0.05) is 24.6 Å². The van der Waals surface area contributed by atoms with Crippen LogP contribution in [-0.4, -0.2) is 24.2 Å². The van der Waals surface area contributed by atoms with Crippen molar-refractivity contribution < 1.29 is 8.90 Å². The van der Waals surface area contributed by atoms with Gasteiger partial charge >= 0.3 is 0 Å². The minimum Gasteiger partial charge on any atom is -0.454 e. The van der Waals surface area contributed by atoms with E-state index in [0.717, 1.165) is 15.6 Å². The van der Waals surface area contributed by atoms with Crippen LogP contribution in [0.15, 0.2) is 47.1 Å². The Kier molecular flexibility index (Phi) is 2.95. The first kappa shape index (κ1) is 15.3. The number of anilines is 1. The molecule has 4 rings (SSSR count). The molecule has 3 nitrogen and oxygen atoms in total. The Hall–Kier alpha value is -2.26. The second-order valence-electron chi connectivity index (χ2n) is 7.86. The van der Waals surface area contributed by atoms with Gasteiger partial charge in [-0.3, -0.25) is 9.38 Å². The predicted octanol–water partition coefficient (Wildman–Crippen LogP) is 5.31. The van der Waals surface area contributed by atoms with E-state index in [4.69, 9.17) is 4.42 Å². The zero-order chi connectivity index (χ0) is 17.3. The van der Waals surface area contributed by atoms with Gasteiger partial charge < -0.3 is 4.42 Å². The summed E-state index contributed by atoms with van der Waals surface area (Å²) in [6.07, 6.45) is 4.44. The second-order valence-corrected chi connectivity index (χ2v) is 7.86. The first-order chi connectivity index (χ1) is 11.2. The highest BCUT2D eigenvalue weighted by Gasteiger charge is 2.46. The van der Waals surface area contributed by atoms with Gasteiger partial charge in [0.15, 0.2) is 11.2 Å². The molecule has 0 amide bonds. The lowest BCUT2D eigenvalue weighted by Crippen LogP contribution is -2.57. The normalized spacial score (nSPS) is 18.8. The molecule has 2 heterocycles. The van der Waals surface area contributed by atoms with Crippen molar-refractivity contribution in [3.63, 3.8) is 0 Å². The molecule has 0 radical (unpaired) electrons. The van der Waals surface area contributed by atoms with Gasteiger partial charge in [-0.15, -0.1) is 0 Å². The lowest BCUT2D eigenvalue weighted by molar-refractivity contribution is -0.882. The van der Waals surface area contributed by atoms with Crippen LogP contribution in [0.1, 0.15) is 25.0 Å². The van der Waals surface area contributed by atoms with Gasteiger partial charge in [0.2, 0.25) is 0 Å². The predicted molar refractivity (Wildman–Crippen MR) is 101 cm³/mol. The van der Waals surface area contributed by atoms with Crippen LogP contribution in [0.25, 0.3) is 21.9 Å². The number of rotatable bonds is 1. The molecular formula is C21H25N2O+. The van der Waals surface area contributed by atoms with E-state index in [9.17, 15) is 0 Å². The van der Waals surface area contributed by atoms with Crippen LogP contribution in [0.4, 0.5) is 5.69 Å². The fraction of sp³-hybridized carbons (Fsp3) is 0.333. The number of furan rings is 1. The molecule has 1 aliphatic heterocycles. The summed E-state index contributed by atoms with van der Waals surface area (Å²) in [4.78, 5) is 2.36. The molecule has 0 aliphatic carbocycles. The van der Waals surface area contributed by atoms with Crippen LogP contribution < -0.4 is 4.90 Å². The quantitative estimate of drug-likeness (QED) is 0.565. The van der Waals surface area contributed by atoms with Crippen molar-refractivity contribution in [3.05, 3.63) is 53.9 Å². The zero-order valence-corrected chi connectivity index (χ0v) is 15.3. The Morgan fingerprint density at radius 2 is 1.62 bits per heavy atom. The SMILES string of the molecule is Cc1ccc2c(oc3c(C)cccc32)c1N1C=C[N+](C)(C)C1(C)C. The Balaban J connectivity index is 2.06. The van der Waals surface area contributed by atoms with Gasteiger partial charge in [0.1, 0.15) is 11.8 Å². The Morgan fingerprint density at radius 3 is 2.29 bits per heavy atom. The highest BCUT2D eigenvalue weighted by molar-refractivity contribution is 6.10. The van der Waals surface area contributed by atoms with Crippen molar-refractivity contribution in [1.82, 2.24) is 0 Å². The maximum atomic E-state index is 6.39. The van der Waals surface area contributed by atoms with Crippen LogP contribution in [0.5, 0.6) is 0 Å². The largest absolute Gasteiger partial charge is 0.454 e. The van der Waals surface area contributed by atoms with Crippen LogP contribution in [0.3, 0.4) is 0 Å². The smallest absolute Gasteiger partial charge is 0.176 e. The maximum Gasteiger partial charge on any atom is 0.176 e. The second kappa shape index (κ2) is 4.64. The van der Waals surface area contributed by atoms with Crippen LogP contribution >= 0.6 is 0 Å². The summed E-state index contributed by atoms with van der Waals surface area (Å²) in [7, 11) is 4.46. The van der Waals surface area contributed by atoms with Gasteiger partial charge in [0.25, 0.3) is 0 Å². The van der Waals surface area contributed by atoms with Crippen LogP contribution in [0.2, 0.25) is 0 Å².